The van der Waals surface area contributed by atoms with Crippen LogP contribution in [0.4, 0.5) is 17.6 Å². The van der Waals surface area contributed by atoms with Gasteiger partial charge in [-0.25, -0.2) is 17.6 Å². The van der Waals surface area contributed by atoms with Crippen LogP contribution in [-0.4, -0.2) is 12.4 Å². The van der Waals surface area contributed by atoms with Crippen molar-refractivity contribution in [3.8, 4) is 11.5 Å². The zero-order valence-electron chi connectivity index (χ0n) is 18.9. The van der Waals surface area contributed by atoms with Crippen molar-refractivity contribution in [2.75, 3.05) is 0 Å². The summed E-state index contributed by atoms with van der Waals surface area (Å²) >= 11 is 0. The van der Waals surface area contributed by atoms with E-state index in [0.717, 1.165) is 24.3 Å². The summed E-state index contributed by atoms with van der Waals surface area (Å²) in [7, 11) is 0. The molecule has 37 heavy (non-hydrogen) atoms. The van der Waals surface area contributed by atoms with E-state index < -0.39 is 46.9 Å². The molecule has 0 aliphatic heterocycles. The van der Waals surface area contributed by atoms with E-state index in [0.29, 0.717) is 11.1 Å². The van der Waals surface area contributed by atoms with Crippen LogP contribution in [0, 0.1) is 23.3 Å². The fourth-order valence-electron chi connectivity index (χ4n) is 3.57. The molecule has 4 nitrogen and oxygen atoms in total. The number of nitrogens with zero attached hydrogens (tertiary/aromatic N) is 2. The van der Waals surface area contributed by atoms with Crippen LogP contribution in [0.2, 0.25) is 0 Å². The predicted molar refractivity (Wildman–Crippen MR) is 125 cm³/mol. The first-order chi connectivity index (χ1) is 17.3. The molecule has 4 rings (SSSR count). The van der Waals surface area contributed by atoms with Gasteiger partial charge in [-0.05, 0) is 70.8 Å². The van der Waals surface area contributed by atoms with Crippen LogP contribution >= 0.6 is 0 Å². The zero-order chi connectivity index (χ0) is 25.7. The Morgan fingerprint density at radius 3 is 1.16 bits per heavy atom. The Morgan fingerprint density at radius 1 is 0.514 bits per heavy atom. The van der Waals surface area contributed by atoms with E-state index in [9.17, 15) is 27.8 Å². The molecule has 0 heterocycles. The third-order valence-electron chi connectivity index (χ3n) is 5.42. The second-order valence-corrected chi connectivity index (χ2v) is 7.91. The number of aliphatic imine (C=N–C) groups is 2. The van der Waals surface area contributed by atoms with E-state index in [-0.39, 0.29) is 32.2 Å². The van der Waals surface area contributed by atoms with Crippen molar-refractivity contribution < 1.29 is 48.8 Å². The number of halogens is 4. The molecule has 4 aromatic rings. The first-order valence-corrected chi connectivity index (χ1v) is 10.8. The first-order valence-electron chi connectivity index (χ1n) is 10.8. The first kappa shape index (κ1) is 27.8. The van der Waals surface area contributed by atoms with Gasteiger partial charge in [0.25, 0.3) is 0 Å². The van der Waals surface area contributed by atoms with Gasteiger partial charge in [0.05, 0.1) is 0 Å². The zero-order valence-corrected chi connectivity index (χ0v) is 21.2. The van der Waals surface area contributed by atoms with Crippen molar-refractivity contribution in [2.24, 2.45) is 9.98 Å². The minimum atomic E-state index is -0.854. The van der Waals surface area contributed by atoms with Gasteiger partial charge in [-0.15, -0.1) is 0 Å². The van der Waals surface area contributed by atoms with Gasteiger partial charge in [-0.2, -0.15) is 0 Å². The Balaban J connectivity index is 0.00000380. The average Bonchev–Trinajstić information content (AvgIpc) is 2.85. The van der Waals surface area contributed by atoms with Crippen LogP contribution in [-0.2, 0) is 21.1 Å². The van der Waals surface area contributed by atoms with Gasteiger partial charge in [0.15, 0.2) is 0 Å². The van der Waals surface area contributed by atoms with E-state index in [1.54, 1.807) is 0 Å². The van der Waals surface area contributed by atoms with Crippen LogP contribution in [0.25, 0.3) is 0 Å². The fraction of sp³-hybridized carbons (Fsp3) is 0.0714. The summed E-state index contributed by atoms with van der Waals surface area (Å²) in [4.78, 5) is 9.03. The smallest absolute Gasteiger partial charge is 0.872 e. The molecule has 4 aromatic carbocycles. The van der Waals surface area contributed by atoms with Gasteiger partial charge < -0.3 is 10.2 Å². The molecular weight excluding hydrogens is 667 g/mol. The molecule has 0 saturated carbocycles. The number of hydrogen-bond acceptors (Lipinski definition) is 4. The van der Waals surface area contributed by atoms with Gasteiger partial charge in [0.1, 0.15) is 35.4 Å². The van der Waals surface area contributed by atoms with Crippen LogP contribution < -0.4 is 10.2 Å². The summed E-state index contributed by atoms with van der Waals surface area (Å²) in [5, 5.41) is 24.3. The molecule has 0 spiro atoms. The third kappa shape index (κ3) is 7.14. The summed E-state index contributed by atoms with van der Waals surface area (Å²) in [6.07, 6.45) is 2.53. The maximum Gasteiger partial charge on any atom is 2.00 e. The van der Waals surface area contributed by atoms with Crippen molar-refractivity contribution in [3.63, 3.8) is 0 Å². The third-order valence-corrected chi connectivity index (χ3v) is 5.42. The maximum absolute atomic E-state index is 13.7. The van der Waals surface area contributed by atoms with Gasteiger partial charge in [-0.1, -0.05) is 47.9 Å². The molecule has 0 bridgehead atoms. The Bertz CT molecular complexity index is 1300. The molecule has 2 unspecified atom stereocenters. The van der Waals surface area contributed by atoms with Gasteiger partial charge in [-0.3, -0.25) is 9.98 Å². The molecule has 0 aliphatic rings. The van der Waals surface area contributed by atoms with Gasteiger partial charge in [0, 0.05) is 12.4 Å². The summed E-state index contributed by atoms with van der Waals surface area (Å²) in [5.41, 5.74) is 1.25. The van der Waals surface area contributed by atoms with E-state index in [1.165, 1.54) is 73.1 Å². The normalized spacial score (nSPS) is 13.0. The minimum Gasteiger partial charge on any atom is -0.872 e. The molecule has 190 valence electrons. The van der Waals surface area contributed by atoms with Crippen LogP contribution in [0.1, 0.15) is 34.3 Å². The van der Waals surface area contributed by atoms with Crippen molar-refractivity contribution >= 4 is 12.4 Å². The fourth-order valence-corrected chi connectivity index (χ4v) is 3.57. The van der Waals surface area contributed by atoms with Crippen molar-refractivity contribution in [2.45, 2.75) is 12.1 Å². The molecule has 0 aromatic heterocycles. The molecule has 0 fully saturated rings. The second-order valence-electron chi connectivity index (χ2n) is 7.91. The summed E-state index contributed by atoms with van der Waals surface area (Å²) in [6.45, 7) is 0. The van der Waals surface area contributed by atoms with Gasteiger partial charge >= 0.3 is 21.1 Å². The predicted octanol–water partition coefficient (Wildman–Crippen LogP) is 5.41. The number of rotatable bonds is 7. The number of hydrogen-bond donors (Lipinski definition) is 0. The molecular formula is C28H18F4N2O2Pt. The van der Waals surface area contributed by atoms with E-state index in [2.05, 4.69) is 9.98 Å². The Morgan fingerprint density at radius 2 is 0.838 bits per heavy atom. The Kier molecular flexibility index (Phi) is 9.36. The molecule has 0 aliphatic carbocycles. The second kappa shape index (κ2) is 12.5. The van der Waals surface area contributed by atoms with E-state index in [4.69, 9.17) is 0 Å². The monoisotopic (exact) mass is 685 g/mol. The number of benzene rings is 4. The molecule has 2 atom stereocenters. The molecule has 0 N–H and O–H groups in total. The largest absolute Gasteiger partial charge is 2.00 e. The maximum atomic E-state index is 13.7. The topological polar surface area (TPSA) is 70.8 Å². The Hall–Kier alpha value is -3.77. The minimum absolute atomic E-state index is 0. The van der Waals surface area contributed by atoms with Crippen molar-refractivity contribution in [1.29, 1.82) is 0 Å². The molecule has 0 radical (unpaired) electrons. The molecule has 0 saturated heterocycles. The van der Waals surface area contributed by atoms with Crippen molar-refractivity contribution in [1.82, 2.24) is 0 Å². The standard InChI is InChI=1S/C28H20F4N2O2.Pt/c29-21-7-1-17(2-8-21)27(33-15-19-5-11-23(31)13-25(19)35)28(18-3-9-22(30)10-4-18)34-16-20-6-12-24(32)14-26(20)36;/h1-16,27-28,35-36H;/q;+2/p-2. The van der Waals surface area contributed by atoms with Crippen LogP contribution in [0.5, 0.6) is 11.5 Å². The SMILES string of the molecule is [O-]c1cc(F)ccc1C=NC(c1ccc(F)cc1)C(N=Cc1ccc(F)cc1[O-])c1ccc(F)cc1.[Pt+2]. The van der Waals surface area contributed by atoms with Crippen molar-refractivity contribution in [3.05, 3.63) is 130 Å². The van der Waals surface area contributed by atoms with E-state index >= 15 is 0 Å². The van der Waals surface area contributed by atoms with E-state index in [1.807, 2.05) is 0 Å². The Labute approximate surface area is 224 Å². The van der Waals surface area contributed by atoms with Gasteiger partial charge in [0.2, 0.25) is 0 Å². The van der Waals surface area contributed by atoms with Crippen LogP contribution in [0.3, 0.4) is 0 Å². The molecule has 9 heteroatoms. The van der Waals surface area contributed by atoms with Crippen LogP contribution in [0.15, 0.2) is 94.9 Å². The summed E-state index contributed by atoms with van der Waals surface area (Å²) < 4.78 is 54.1. The summed E-state index contributed by atoms with van der Waals surface area (Å²) in [5.74, 6) is -3.50. The quantitative estimate of drug-likeness (QED) is 0.193. The molecule has 0 amide bonds. The average molecular weight is 686 g/mol. The summed E-state index contributed by atoms with van der Waals surface area (Å²) in [6, 6.07) is 15.6.